The molecule has 1 heterocycles. The third-order valence-electron chi connectivity index (χ3n) is 4.70. The predicted molar refractivity (Wildman–Crippen MR) is 110 cm³/mol. The molecule has 0 bridgehead atoms. The summed E-state index contributed by atoms with van der Waals surface area (Å²) in [4.78, 5) is 5.11. The number of aromatic nitrogens is 2. The summed E-state index contributed by atoms with van der Waals surface area (Å²) in [5, 5.41) is 8.91. The van der Waals surface area contributed by atoms with Gasteiger partial charge in [-0.15, -0.1) is 0 Å². The normalized spacial score (nSPS) is 15.9. The van der Waals surface area contributed by atoms with Crippen LogP contribution in [0.15, 0.2) is 35.2 Å². The molecule has 0 aliphatic heterocycles. The standard InChI is InChI=1S/C21H25ClFN3O2/c1-15-20(21(26(2)25-15)28-19-6-4-3-5-7-19)13-24-27-14-18(23)12-16-8-10-17(22)11-9-16/h8-13,19H,3-7,14H2,1-2H3. The maximum Gasteiger partial charge on any atom is 0.221 e. The number of hydrogen-bond donors (Lipinski definition) is 0. The summed E-state index contributed by atoms with van der Waals surface area (Å²) in [6, 6.07) is 6.88. The third kappa shape index (κ3) is 5.58. The Labute approximate surface area is 169 Å². The molecule has 5 nitrogen and oxygen atoms in total. The highest BCUT2D eigenvalue weighted by Crippen LogP contribution is 2.26. The van der Waals surface area contributed by atoms with Crippen LogP contribution in [0.1, 0.15) is 48.9 Å². The summed E-state index contributed by atoms with van der Waals surface area (Å²) >= 11 is 5.82. The summed E-state index contributed by atoms with van der Waals surface area (Å²) in [7, 11) is 1.85. The average molecular weight is 406 g/mol. The molecule has 1 aromatic carbocycles. The molecule has 7 heteroatoms. The van der Waals surface area contributed by atoms with Crippen LogP contribution in [0.2, 0.25) is 5.02 Å². The lowest BCUT2D eigenvalue weighted by atomic mass is 9.98. The Balaban J connectivity index is 1.59. The molecule has 1 aliphatic carbocycles. The van der Waals surface area contributed by atoms with Gasteiger partial charge in [0, 0.05) is 12.1 Å². The Morgan fingerprint density at radius 2 is 2.00 bits per heavy atom. The molecule has 2 aromatic rings. The quantitative estimate of drug-likeness (QED) is 0.454. The van der Waals surface area contributed by atoms with Gasteiger partial charge in [-0.05, 0) is 56.4 Å². The SMILES string of the molecule is Cc1nn(C)c(OC2CCCCC2)c1C=NOCC(F)=Cc1ccc(Cl)cc1. The molecule has 1 aromatic heterocycles. The molecule has 0 amide bonds. The molecular formula is C21H25ClFN3O2. The fraction of sp³-hybridized carbons (Fsp3) is 0.429. The Morgan fingerprint density at radius 1 is 1.29 bits per heavy atom. The largest absolute Gasteiger partial charge is 0.474 e. The van der Waals surface area contributed by atoms with E-state index in [1.807, 2.05) is 14.0 Å². The van der Waals surface area contributed by atoms with Crippen LogP contribution in [-0.2, 0) is 11.9 Å². The second kappa shape index (κ2) is 9.73. The van der Waals surface area contributed by atoms with Gasteiger partial charge in [-0.2, -0.15) is 5.10 Å². The van der Waals surface area contributed by atoms with Gasteiger partial charge in [-0.3, -0.25) is 0 Å². The second-order valence-corrected chi connectivity index (χ2v) is 7.39. The molecule has 28 heavy (non-hydrogen) atoms. The van der Waals surface area contributed by atoms with Crippen molar-refractivity contribution in [3.05, 3.63) is 51.9 Å². The second-order valence-electron chi connectivity index (χ2n) is 6.96. The van der Waals surface area contributed by atoms with Gasteiger partial charge in [-0.25, -0.2) is 9.07 Å². The minimum absolute atomic E-state index is 0.205. The molecule has 1 aliphatic rings. The van der Waals surface area contributed by atoms with Crippen LogP contribution < -0.4 is 4.74 Å². The molecule has 0 spiro atoms. The zero-order valence-corrected chi connectivity index (χ0v) is 17.0. The van der Waals surface area contributed by atoms with Crippen molar-refractivity contribution < 1.29 is 14.0 Å². The van der Waals surface area contributed by atoms with Crippen molar-refractivity contribution in [2.45, 2.75) is 45.1 Å². The van der Waals surface area contributed by atoms with E-state index in [1.165, 1.54) is 31.6 Å². The summed E-state index contributed by atoms with van der Waals surface area (Å²) in [6.07, 6.45) is 8.88. The van der Waals surface area contributed by atoms with Crippen molar-refractivity contribution in [2.24, 2.45) is 12.2 Å². The summed E-state index contributed by atoms with van der Waals surface area (Å²) in [5.74, 6) is 0.245. The zero-order chi connectivity index (χ0) is 19.9. The van der Waals surface area contributed by atoms with E-state index in [0.29, 0.717) is 16.5 Å². The number of benzene rings is 1. The minimum atomic E-state index is -0.430. The Kier molecular flexibility index (Phi) is 7.09. The van der Waals surface area contributed by atoms with E-state index < -0.39 is 5.83 Å². The average Bonchev–Trinajstić information content (AvgIpc) is 2.94. The fourth-order valence-corrected chi connectivity index (χ4v) is 3.38. The molecule has 1 saturated carbocycles. The topological polar surface area (TPSA) is 48.6 Å². The van der Waals surface area contributed by atoms with Gasteiger partial charge >= 0.3 is 0 Å². The molecule has 3 rings (SSSR count). The smallest absolute Gasteiger partial charge is 0.221 e. The minimum Gasteiger partial charge on any atom is -0.474 e. The number of rotatable bonds is 7. The van der Waals surface area contributed by atoms with E-state index in [4.69, 9.17) is 21.2 Å². The summed E-state index contributed by atoms with van der Waals surface area (Å²) in [6.45, 7) is 1.63. The van der Waals surface area contributed by atoms with Crippen LogP contribution in [0, 0.1) is 6.92 Å². The van der Waals surface area contributed by atoms with Crippen molar-refractivity contribution in [1.82, 2.24) is 9.78 Å². The first kappa shape index (κ1) is 20.4. The summed E-state index contributed by atoms with van der Waals surface area (Å²) in [5.41, 5.74) is 2.26. The van der Waals surface area contributed by atoms with Gasteiger partial charge in [0.2, 0.25) is 5.88 Å². The van der Waals surface area contributed by atoms with E-state index in [2.05, 4.69) is 10.3 Å². The van der Waals surface area contributed by atoms with Crippen molar-refractivity contribution in [3.63, 3.8) is 0 Å². The van der Waals surface area contributed by atoms with Gasteiger partial charge in [0.15, 0.2) is 6.61 Å². The van der Waals surface area contributed by atoms with Crippen molar-refractivity contribution in [2.75, 3.05) is 6.61 Å². The van der Waals surface area contributed by atoms with Crippen molar-refractivity contribution in [1.29, 1.82) is 0 Å². The van der Waals surface area contributed by atoms with Gasteiger partial charge in [-0.1, -0.05) is 35.3 Å². The van der Waals surface area contributed by atoms with E-state index in [0.717, 1.165) is 24.1 Å². The lowest BCUT2D eigenvalue weighted by molar-refractivity contribution is 0.141. The van der Waals surface area contributed by atoms with E-state index >= 15 is 0 Å². The first-order valence-electron chi connectivity index (χ1n) is 9.50. The molecule has 0 unspecified atom stereocenters. The Bertz CT molecular complexity index is 840. The van der Waals surface area contributed by atoms with Gasteiger partial charge < -0.3 is 9.57 Å². The highest BCUT2D eigenvalue weighted by Gasteiger charge is 2.20. The van der Waals surface area contributed by atoms with Crippen LogP contribution in [-0.4, -0.2) is 28.7 Å². The first-order valence-corrected chi connectivity index (χ1v) is 9.88. The first-order chi connectivity index (χ1) is 13.5. The Hall–Kier alpha value is -2.34. The van der Waals surface area contributed by atoms with Crippen LogP contribution in [0.25, 0.3) is 6.08 Å². The number of nitrogens with zero attached hydrogens (tertiary/aromatic N) is 3. The third-order valence-corrected chi connectivity index (χ3v) is 4.95. The van der Waals surface area contributed by atoms with Crippen molar-refractivity contribution in [3.8, 4) is 5.88 Å². The number of oxime groups is 1. The van der Waals surface area contributed by atoms with Crippen LogP contribution in [0.3, 0.4) is 0 Å². The number of halogens is 2. The van der Waals surface area contributed by atoms with E-state index in [-0.39, 0.29) is 12.7 Å². The molecule has 0 N–H and O–H groups in total. The number of aryl methyl sites for hydroxylation is 2. The van der Waals surface area contributed by atoms with Gasteiger partial charge in [0.05, 0.1) is 17.5 Å². The fourth-order valence-electron chi connectivity index (χ4n) is 3.25. The van der Waals surface area contributed by atoms with Crippen LogP contribution in [0.4, 0.5) is 4.39 Å². The number of hydrogen-bond acceptors (Lipinski definition) is 4. The summed E-state index contributed by atoms with van der Waals surface area (Å²) < 4.78 is 21.9. The lowest BCUT2D eigenvalue weighted by Gasteiger charge is -2.23. The molecular weight excluding hydrogens is 381 g/mol. The van der Waals surface area contributed by atoms with Gasteiger partial charge in [0.25, 0.3) is 0 Å². The Morgan fingerprint density at radius 3 is 2.71 bits per heavy atom. The highest BCUT2D eigenvalue weighted by molar-refractivity contribution is 6.30. The maximum atomic E-state index is 14.0. The number of ether oxygens (including phenoxy) is 1. The molecule has 1 fully saturated rings. The molecule has 0 atom stereocenters. The molecule has 150 valence electrons. The predicted octanol–water partition coefficient (Wildman–Crippen LogP) is 5.45. The maximum absolute atomic E-state index is 14.0. The van der Waals surface area contributed by atoms with Crippen molar-refractivity contribution >= 4 is 23.9 Å². The van der Waals surface area contributed by atoms with E-state index in [9.17, 15) is 4.39 Å². The van der Waals surface area contributed by atoms with Gasteiger partial charge in [0.1, 0.15) is 11.9 Å². The zero-order valence-electron chi connectivity index (χ0n) is 16.2. The molecule has 0 radical (unpaired) electrons. The van der Waals surface area contributed by atoms with Crippen LogP contribution in [0.5, 0.6) is 5.88 Å². The monoisotopic (exact) mass is 405 g/mol. The van der Waals surface area contributed by atoms with E-state index in [1.54, 1.807) is 28.9 Å². The molecule has 0 saturated heterocycles. The van der Waals surface area contributed by atoms with Crippen LogP contribution >= 0.6 is 11.6 Å². The lowest BCUT2D eigenvalue weighted by Crippen LogP contribution is -2.21. The highest BCUT2D eigenvalue weighted by atomic mass is 35.5.